The Morgan fingerprint density at radius 2 is 2.16 bits per heavy atom. The summed E-state index contributed by atoms with van der Waals surface area (Å²) in [6.45, 7) is -2.80. The molecule has 0 amide bonds. The summed E-state index contributed by atoms with van der Waals surface area (Å²) in [5.74, 6) is 0.657. The van der Waals surface area contributed by atoms with E-state index in [2.05, 4.69) is 14.9 Å². The molecule has 0 spiro atoms. The number of nitrogens with two attached hydrogens (primary N) is 1. The van der Waals surface area contributed by atoms with Crippen molar-refractivity contribution in [2.45, 2.75) is 13.2 Å². The Morgan fingerprint density at radius 1 is 1.37 bits per heavy atom. The number of halogens is 2. The van der Waals surface area contributed by atoms with Crippen molar-refractivity contribution in [3.8, 4) is 22.9 Å². The fourth-order valence-electron chi connectivity index (χ4n) is 1.46. The van der Waals surface area contributed by atoms with Crippen molar-refractivity contribution < 1.29 is 22.8 Å². The highest BCUT2D eigenvalue weighted by Gasteiger charge is 2.14. The van der Waals surface area contributed by atoms with E-state index in [1.54, 1.807) is 0 Å². The van der Waals surface area contributed by atoms with E-state index >= 15 is 0 Å². The van der Waals surface area contributed by atoms with Crippen molar-refractivity contribution in [1.29, 1.82) is 0 Å². The summed E-state index contributed by atoms with van der Waals surface area (Å²) in [6.07, 6.45) is 0. The quantitative estimate of drug-likeness (QED) is 0.892. The van der Waals surface area contributed by atoms with E-state index in [1.165, 1.54) is 25.3 Å². The van der Waals surface area contributed by atoms with Crippen molar-refractivity contribution in [2.75, 3.05) is 7.11 Å². The number of methoxy groups -OCH3 is 1. The molecule has 102 valence electrons. The van der Waals surface area contributed by atoms with Crippen LogP contribution < -0.4 is 15.2 Å². The predicted molar refractivity (Wildman–Crippen MR) is 60.8 cm³/mol. The summed E-state index contributed by atoms with van der Waals surface area (Å²) < 4.78 is 38.5. The molecule has 0 saturated carbocycles. The third kappa shape index (κ3) is 2.97. The van der Waals surface area contributed by atoms with Gasteiger partial charge in [-0.3, -0.25) is 0 Å². The molecule has 2 rings (SSSR count). The first-order chi connectivity index (χ1) is 9.13. The number of benzene rings is 1. The van der Waals surface area contributed by atoms with E-state index in [9.17, 15) is 8.78 Å². The second-order valence-corrected chi connectivity index (χ2v) is 3.46. The second-order valence-electron chi connectivity index (χ2n) is 3.46. The molecule has 0 saturated heterocycles. The molecule has 2 aromatic rings. The molecule has 19 heavy (non-hydrogen) atoms. The molecule has 0 fully saturated rings. The molecule has 6 nitrogen and oxygen atoms in total. The van der Waals surface area contributed by atoms with E-state index in [-0.39, 0.29) is 23.9 Å². The Balaban J connectivity index is 2.32. The van der Waals surface area contributed by atoms with E-state index in [4.69, 9.17) is 15.0 Å². The van der Waals surface area contributed by atoms with Crippen molar-refractivity contribution >= 4 is 0 Å². The molecule has 0 unspecified atom stereocenters. The molecule has 0 aliphatic rings. The first-order valence-corrected chi connectivity index (χ1v) is 5.30. The van der Waals surface area contributed by atoms with Gasteiger partial charge in [-0.15, -0.1) is 0 Å². The molecule has 0 aliphatic heterocycles. The number of alkyl halides is 2. The molecule has 0 atom stereocenters. The minimum atomic E-state index is -2.92. The van der Waals surface area contributed by atoms with Gasteiger partial charge in [0.05, 0.1) is 13.7 Å². The first kappa shape index (κ1) is 13.2. The summed E-state index contributed by atoms with van der Waals surface area (Å²) >= 11 is 0. The molecular weight excluding hydrogens is 260 g/mol. The SMILES string of the molecule is COc1cc(-c2noc(CN)n2)ccc1OC(F)F. The van der Waals surface area contributed by atoms with Gasteiger partial charge in [-0.25, -0.2) is 0 Å². The maximum Gasteiger partial charge on any atom is 0.387 e. The largest absolute Gasteiger partial charge is 0.493 e. The Labute approximate surface area is 107 Å². The summed E-state index contributed by atoms with van der Waals surface area (Å²) in [6, 6.07) is 4.34. The second kappa shape index (κ2) is 5.61. The highest BCUT2D eigenvalue weighted by molar-refractivity contribution is 5.60. The average Bonchev–Trinajstić information content (AvgIpc) is 2.87. The van der Waals surface area contributed by atoms with Crippen LogP contribution in [0, 0.1) is 0 Å². The number of hydrogen-bond acceptors (Lipinski definition) is 6. The lowest BCUT2D eigenvalue weighted by molar-refractivity contribution is -0.0512. The van der Waals surface area contributed by atoms with Crippen LogP contribution in [0.5, 0.6) is 11.5 Å². The average molecular weight is 271 g/mol. The fraction of sp³-hybridized carbons (Fsp3) is 0.273. The summed E-state index contributed by atoms with van der Waals surface area (Å²) in [5, 5.41) is 3.71. The first-order valence-electron chi connectivity index (χ1n) is 5.30. The predicted octanol–water partition coefficient (Wildman–Crippen LogP) is 1.81. The highest BCUT2D eigenvalue weighted by atomic mass is 19.3. The molecule has 1 aromatic heterocycles. The number of hydrogen-bond donors (Lipinski definition) is 1. The van der Waals surface area contributed by atoms with Gasteiger partial charge in [0.25, 0.3) is 0 Å². The van der Waals surface area contributed by atoms with Crippen LogP contribution in [0.15, 0.2) is 22.7 Å². The van der Waals surface area contributed by atoms with Crippen LogP contribution in [0.25, 0.3) is 11.4 Å². The molecular formula is C11H11F2N3O3. The van der Waals surface area contributed by atoms with Crippen molar-refractivity contribution in [2.24, 2.45) is 5.73 Å². The maximum atomic E-state index is 12.2. The van der Waals surface area contributed by atoms with Crippen molar-refractivity contribution in [3.63, 3.8) is 0 Å². The lowest BCUT2D eigenvalue weighted by atomic mass is 10.2. The van der Waals surface area contributed by atoms with Gasteiger partial charge < -0.3 is 19.7 Å². The van der Waals surface area contributed by atoms with Gasteiger partial charge in [-0.1, -0.05) is 5.16 Å². The van der Waals surface area contributed by atoms with Gasteiger partial charge >= 0.3 is 6.61 Å². The lowest BCUT2D eigenvalue weighted by Crippen LogP contribution is -2.03. The summed E-state index contributed by atoms with van der Waals surface area (Å²) in [4.78, 5) is 4.02. The van der Waals surface area contributed by atoms with Gasteiger partial charge in [0.15, 0.2) is 11.5 Å². The molecule has 0 aliphatic carbocycles. The van der Waals surface area contributed by atoms with Crippen LogP contribution in [-0.2, 0) is 6.54 Å². The Hall–Kier alpha value is -2.22. The molecule has 2 N–H and O–H groups in total. The van der Waals surface area contributed by atoms with Crippen molar-refractivity contribution in [1.82, 2.24) is 10.1 Å². The van der Waals surface area contributed by atoms with Gasteiger partial charge in [0.2, 0.25) is 11.7 Å². The summed E-state index contributed by atoms with van der Waals surface area (Å²) in [7, 11) is 1.35. The molecule has 0 radical (unpaired) electrons. The zero-order chi connectivity index (χ0) is 13.8. The number of aromatic nitrogens is 2. The molecule has 8 heteroatoms. The Kier molecular flexibility index (Phi) is 3.91. The zero-order valence-corrected chi connectivity index (χ0v) is 9.97. The van der Waals surface area contributed by atoms with Crippen LogP contribution in [0.2, 0.25) is 0 Å². The van der Waals surface area contributed by atoms with Crippen LogP contribution in [0.3, 0.4) is 0 Å². The third-order valence-electron chi connectivity index (χ3n) is 2.28. The zero-order valence-electron chi connectivity index (χ0n) is 9.97. The van der Waals surface area contributed by atoms with E-state index in [0.717, 1.165) is 0 Å². The number of nitrogens with zero attached hydrogens (tertiary/aromatic N) is 2. The highest BCUT2D eigenvalue weighted by Crippen LogP contribution is 2.32. The van der Waals surface area contributed by atoms with Gasteiger partial charge in [-0.05, 0) is 18.2 Å². The topological polar surface area (TPSA) is 83.4 Å². The smallest absolute Gasteiger partial charge is 0.387 e. The van der Waals surface area contributed by atoms with Crippen LogP contribution in [-0.4, -0.2) is 23.9 Å². The van der Waals surface area contributed by atoms with E-state index < -0.39 is 6.61 Å². The monoisotopic (exact) mass is 271 g/mol. The van der Waals surface area contributed by atoms with Gasteiger partial charge in [0.1, 0.15) is 0 Å². The molecule has 1 aromatic carbocycles. The van der Waals surface area contributed by atoms with Gasteiger partial charge in [0, 0.05) is 5.56 Å². The Bertz CT molecular complexity index is 560. The standard InChI is InChI=1S/C11H11F2N3O3/c1-17-8-4-6(2-3-7(8)18-11(12)13)10-15-9(5-14)19-16-10/h2-4,11H,5,14H2,1H3. The minimum absolute atomic E-state index is 0.0659. The fourth-order valence-corrected chi connectivity index (χ4v) is 1.46. The number of ether oxygens (including phenoxy) is 2. The summed E-state index contributed by atoms with van der Waals surface area (Å²) in [5.41, 5.74) is 5.90. The van der Waals surface area contributed by atoms with Crippen LogP contribution in [0.1, 0.15) is 5.89 Å². The van der Waals surface area contributed by atoms with Crippen molar-refractivity contribution in [3.05, 3.63) is 24.1 Å². The van der Waals surface area contributed by atoms with E-state index in [0.29, 0.717) is 11.4 Å². The maximum absolute atomic E-state index is 12.2. The number of rotatable bonds is 5. The van der Waals surface area contributed by atoms with Crippen LogP contribution >= 0.6 is 0 Å². The third-order valence-corrected chi connectivity index (χ3v) is 2.28. The van der Waals surface area contributed by atoms with Crippen LogP contribution in [0.4, 0.5) is 8.78 Å². The minimum Gasteiger partial charge on any atom is -0.493 e. The molecule has 0 bridgehead atoms. The normalized spacial score (nSPS) is 10.8. The molecule has 1 heterocycles. The van der Waals surface area contributed by atoms with Gasteiger partial charge in [-0.2, -0.15) is 13.8 Å². The van der Waals surface area contributed by atoms with E-state index in [1.807, 2.05) is 0 Å². The Morgan fingerprint density at radius 3 is 2.74 bits per heavy atom. The lowest BCUT2D eigenvalue weighted by Gasteiger charge is -2.10.